The van der Waals surface area contributed by atoms with Crippen molar-refractivity contribution >= 4 is 39.4 Å². The highest BCUT2D eigenvalue weighted by atomic mass is 35.5. The van der Waals surface area contributed by atoms with Gasteiger partial charge in [-0.3, -0.25) is 4.79 Å². The van der Waals surface area contributed by atoms with Crippen molar-refractivity contribution in [3.05, 3.63) is 95.0 Å². The second kappa shape index (κ2) is 9.27. The van der Waals surface area contributed by atoms with E-state index in [4.69, 9.17) is 15.8 Å². The van der Waals surface area contributed by atoms with Gasteiger partial charge >= 0.3 is 10.1 Å². The highest BCUT2D eigenvalue weighted by Gasteiger charge is 2.16. The van der Waals surface area contributed by atoms with E-state index >= 15 is 0 Å². The summed E-state index contributed by atoms with van der Waals surface area (Å²) in [5.74, 6) is -0.567. The van der Waals surface area contributed by atoms with Crippen LogP contribution in [-0.2, 0) is 14.9 Å². The summed E-state index contributed by atoms with van der Waals surface area (Å²) < 4.78 is 29.9. The van der Waals surface area contributed by atoms with Crippen LogP contribution in [0.2, 0.25) is 5.02 Å². The van der Waals surface area contributed by atoms with Crippen LogP contribution in [0, 0.1) is 11.3 Å². The van der Waals surface area contributed by atoms with E-state index in [1.54, 1.807) is 54.6 Å². The normalized spacial score (nSPS) is 11.4. The summed E-state index contributed by atoms with van der Waals surface area (Å²) in [6.45, 7) is 0. The average Bonchev–Trinajstić information content (AvgIpc) is 2.72. The van der Waals surface area contributed by atoms with Gasteiger partial charge in [-0.05, 0) is 54.1 Å². The van der Waals surface area contributed by atoms with Gasteiger partial charge in [-0.1, -0.05) is 48.0 Å². The second-order valence-corrected chi connectivity index (χ2v) is 8.04. The van der Waals surface area contributed by atoms with Crippen molar-refractivity contribution in [2.75, 3.05) is 5.32 Å². The number of amides is 1. The summed E-state index contributed by atoms with van der Waals surface area (Å²) in [6.07, 6.45) is 1.34. The number of benzene rings is 3. The lowest BCUT2D eigenvalue weighted by Gasteiger charge is -2.08. The number of rotatable bonds is 6. The zero-order valence-electron chi connectivity index (χ0n) is 15.4. The predicted molar refractivity (Wildman–Crippen MR) is 114 cm³/mol. The highest BCUT2D eigenvalue weighted by Crippen LogP contribution is 2.21. The van der Waals surface area contributed by atoms with E-state index < -0.39 is 16.0 Å². The zero-order valence-corrected chi connectivity index (χ0v) is 17.0. The van der Waals surface area contributed by atoms with Gasteiger partial charge in [-0.2, -0.15) is 13.7 Å². The zero-order chi connectivity index (χ0) is 21.6. The van der Waals surface area contributed by atoms with Crippen molar-refractivity contribution in [1.29, 1.82) is 5.26 Å². The fourth-order valence-electron chi connectivity index (χ4n) is 2.50. The van der Waals surface area contributed by atoms with E-state index in [-0.39, 0.29) is 16.2 Å². The van der Waals surface area contributed by atoms with Crippen LogP contribution in [0.1, 0.15) is 5.56 Å². The molecule has 0 unspecified atom stereocenters. The van der Waals surface area contributed by atoms with E-state index in [0.29, 0.717) is 16.3 Å². The first-order valence-corrected chi connectivity index (χ1v) is 10.4. The predicted octanol–water partition coefficient (Wildman–Crippen LogP) is 4.65. The molecule has 0 aromatic heterocycles. The number of nitrogens with zero attached hydrogens (tertiary/aromatic N) is 1. The third-order valence-corrected chi connectivity index (χ3v) is 5.35. The largest absolute Gasteiger partial charge is 0.379 e. The van der Waals surface area contributed by atoms with Gasteiger partial charge in [0.25, 0.3) is 5.91 Å². The molecular weight excluding hydrogens is 424 g/mol. The van der Waals surface area contributed by atoms with Gasteiger partial charge in [0.05, 0.1) is 0 Å². The van der Waals surface area contributed by atoms with Crippen molar-refractivity contribution in [3.8, 4) is 11.8 Å². The molecule has 0 bridgehead atoms. The number of nitrogens with one attached hydrogen (secondary N) is 1. The number of halogens is 1. The number of hydrogen-bond acceptors (Lipinski definition) is 5. The van der Waals surface area contributed by atoms with Crippen molar-refractivity contribution in [2.45, 2.75) is 4.90 Å². The highest BCUT2D eigenvalue weighted by molar-refractivity contribution is 7.87. The maximum atomic E-state index is 12.4. The van der Waals surface area contributed by atoms with Crippen molar-refractivity contribution in [3.63, 3.8) is 0 Å². The molecule has 0 saturated carbocycles. The summed E-state index contributed by atoms with van der Waals surface area (Å²) in [5, 5.41) is 12.4. The van der Waals surface area contributed by atoms with Gasteiger partial charge in [-0.15, -0.1) is 0 Å². The molecule has 30 heavy (non-hydrogen) atoms. The molecule has 0 saturated heterocycles. The smallest absolute Gasteiger partial charge is 0.339 e. The van der Waals surface area contributed by atoms with Crippen LogP contribution in [0.4, 0.5) is 5.69 Å². The Hall–Kier alpha value is -3.60. The molecule has 150 valence electrons. The summed E-state index contributed by atoms with van der Waals surface area (Å²) in [7, 11) is -4.00. The topological polar surface area (TPSA) is 96.3 Å². The third-order valence-electron chi connectivity index (χ3n) is 3.85. The minimum absolute atomic E-state index is 0.0181. The van der Waals surface area contributed by atoms with E-state index in [1.807, 2.05) is 6.07 Å². The Morgan fingerprint density at radius 3 is 2.43 bits per heavy atom. The number of nitriles is 1. The molecule has 3 aromatic rings. The average molecular weight is 439 g/mol. The molecule has 0 aliphatic carbocycles. The van der Waals surface area contributed by atoms with Gasteiger partial charge < -0.3 is 9.50 Å². The van der Waals surface area contributed by atoms with E-state index in [1.165, 1.54) is 30.3 Å². The molecule has 0 atom stereocenters. The fourth-order valence-corrected chi connectivity index (χ4v) is 3.63. The number of anilines is 1. The van der Waals surface area contributed by atoms with Crippen LogP contribution < -0.4 is 9.50 Å². The molecule has 8 heteroatoms. The Labute approximate surface area is 179 Å². The van der Waals surface area contributed by atoms with Crippen LogP contribution in [0.3, 0.4) is 0 Å². The molecule has 0 fully saturated rings. The lowest BCUT2D eigenvalue weighted by molar-refractivity contribution is -0.112. The summed E-state index contributed by atoms with van der Waals surface area (Å²) in [5.41, 5.74) is 0.700. The molecule has 1 N–H and O–H groups in total. The molecule has 3 rings (SSSR count). The van der Waals surface area contributed by atoms with Crippen molar-refractivity contribution in [2.24, 2.45) is 0 Å². The Kier molecular flexibility index (Phi) is 6.52. The lowest BCUT2D eigenvalue weighted by atomic mass is 10.1. The lowest BCUT2D eigenvalue weighted by Crippen LogP contribution is -2.13. The van der Waals surface area contributed by atoms with Gasteiger partial charge in [0.2, 0.25) is 0 Å². The summed E-state index contributed by atoms with van der Waals surface area (Å²) in [4.78, 5) is 12.4. The fraction of sp³-hybridized carbons (Fsp3) is 0. The van der Waals surface area contributed by atoms with E-state index in [0.717, 1.165) is 0 Å². The van der Waals surface area contributed by atoms with Crippen molar-refractivity contribution in [1.82, 2.24) is 0 Å². The number of carbonyl (C=O) groups is 1. The van der Waals surface area contributed by atoms with Gasteiger partial charge in [0, 0.05) is 10.7 Å². The minimum atomic E-state index is -4.00. The molecule has 3 aromatic carbocycles. The maximum Gasteiger partial charge on any atom is 0.339 e. The van der Waals surface area contributed by atoms with Crippen LogP contribution >= 0.6 is 11.6 Å². The van der Waals surface area contributed by atoms with Crippen LogP contribution in [0.15, 0.2) is 89.3 Å². The van der Waals surface area contributed by atoms with Crippen LogP contribution in [-0.4, -0.2) is 14.3 Å². The summed E-state index contributed by atoms with van der Waals surface area (Å²) in [6, 6.07) is 22.1. The van der Waals surface area contributed by atoms with E-state index in [2.05, 4.69) is 5.32 Å². The standard InChI is InChI=1S/C22H15ClN2O4S/c23-18-7-5-8-19(14-18)25-22(26)17(15-24)12-16-6-4-9-20(13-16)29-30(27,28)21-10-2-1-3-11-21/h1-14H,(H,25,26)/b17-12+. The van der Waals surface area contributed by atoms with Gasteiger partial charge in [0.15, 0.2) is 0 Å². The number of carbonyl (C=O) groups excluding carboxylic acids is 1. The monoisotopic (exact) mass is 438 g/mol. The number of hydrogen-bond donors (Lipinski definition) is 1. The Bertz CT molecular complexity index is 1250. The molecule has 1 amide bonds. The maximum absolute atomic E-state index is 12.4. The molecule has 0 heterocycles. The Morgan fingerprint density at radius 2 is 1.73 bits per heavy atom. The van der Waals surface area contributed by atoms with Gasteiger partial charge in [0.1, 0.15) is 22.3 Å². The SMILES string of the molecule is N#C/C(=C\c1cccc(OS(=O)(=O)c2ccccc2)c1)C(=O)Nc1cccc(Cl)c1. The molecular formula is C22H15ClN2O4S. The second-order valence-electron chi connectivity index (χ2n) is 6.06. The van der Waals surface area contributed by atoms with Gasteiger partial charge in [-0.25, -0.2) is 0 Å². The first-order chi connectivity index (χ1) is 14.4. The molecule has 0 radical (unpaired) electrons. The summed E-state index contributed by atoms with van der Waals surface area (Å²) >= 11 is 5.89. The van der Waals surface area contributed by atoms with Crippen LogP contribution in [0.5, 0.6) is 5.75 Å². The quantitative estimate of drug-likeness (QED) is 0.343. The van der Waals surface area contributed by atoms with E-state index in [9.17, 15) is 18.5 Å². The Balaban J connectivity index is 1.81. The first kappa shape index (κ1) is 21.1. The molecule has 0 spiro atoms. The van der Waals surface area contributed by atoms with Crippen LogP contribution in [0.25, 0.3) is 6.08 Å². The molecule has 0 aliphatic rings. The molecule has 6 nitrogen and oxygen atoms in total. The first-order valence-electron chi connectivity index (χ1n) is 8.66. The Morgan fingerprint density at radius 1 is 1.00 bits per heavy atom. The minimum Gasteiger partial charge on any atom is -0.379 e. The third kappa shape index (κ3) is 5.47. The van der Waals surface area contributed by atoms with Crippen molar-refractivity contribution < 1.29 is 17.4 Å². The molecule has 0 aliphatic heterocycles.